The van der Waals surface area contributed by atoms with Crippen molar-refractivity contribution in [1.29, 1.82) is 0 Å². The summed E-state index contributed by atoms with van der Waals surface area (Å²) in [5.74, 6) is 0.995. The third-order valence-electron chi connectivity index (χ3n) is 19.0. The molecule has 582 valence electrons. The molecule has 17 nitrogen and oxygen atoms in total. The van der Waals surface area contributed by atoms with Crippen LogP contribution in [-0.4, -0.2) is 96.7 Å². The number of hydrogen-bond acceptors (Lipinski definition) is 15. The van der Waals surface area contributed by atoms with Gasteiger partial charge in [-0.1, -0.05) is 351 Å². The van der Waals surface area contributed by atoms with Crippen LogP contribution in [0.1, 0.15) is 402 Å². The molecule has 0 aromatic carbocycles. The molecule has 0 amide bonds. The van der Waals surface area contributed by atoms with E-state index in [2.05, 4.69) is 55.4 Å². The number of aliphatic hydroxyl groups is 1. The summed E-state index contributed by atoms with van der Waals surface area (Å²) in [4.78, 5) is 72.9. The highest BCUT2D eigenvalue weighted by Gasteiger charge is 2.30. The second-order valence-corrected chi connectivity index (χ2v) is 32.8. The number of esters is 4. The Morgan fingerprint density at radius 1 is 0.286 bits per heavy atom. The Kier molecular flexibility index (Phi) is 66.8. The predicted molar refractivity (Wildman–Crippen MR) is 400 cm³/mol. The summed E-state index contributed by atoms with van der Waals surface area (Å²) >= 11 is 0. The van der Waals surface area contributed by atoms with Gasteiger partial charge in [0, 0.05) is 25.7 Å². The molecule has 3 N–H and O–H groups in total. The number of carbonyl (C=O) groups excluding carboxylic acids is 4. The highest BCUT2D eigenvalue weighted by Crippen LogP contribution is 2.45. The van der Waals surface area contributed by atoms with E-state index in [0.717, 1.165) is 120 Å². The highest BCUT2D eigenvalue weighted by molar-refractivity contribution is 7.47. The first kappa shape index (κ1) is 96.1. The number of carbonyl (C=O) groups is 4. The summed E-state index contributed by atoms with van der Waals surface area (Å²) in [5.41, 5.74) is 0. The average Bonchev–Trinajstić information content (AvgIpc) is 1.04. The molecule has 0 heterocycles. The molecule has 0 saturated carbocycles. The van der Waals surface area contributed by atoms with Crippen molar-refractivity contribution in [3.05, 3.63) is 0 Å². The van der Waals surface area contributed by atoms with Crippen LogP contribution in [0.5, 0.6) is 0 Å². The first-order chi connectivity index (χ1) is 47.2. The molecule has 0 radical (unpaired) electrons. The molecule has 0 aliphatic rings. The van der Waals surface area contributed by atoms with Gasteiger partial charge in [0.2, 0.25) is 0 Å². The van der Waals surface area contributed by atoms with E-state index >= 15 is 0 Å². The van der Waals surface area contributed by atoms with Gasteiger partial charge < -0.3 is 33.8 Å². The largest absolute Gasteiger partial charge is 0.472 e. The zero-order valence-electron chi connectivity index (χ0n) is 64.4. The molecule has 0 aliphatic carbocycles. The van der Waals surface area contributed by atoms with Crippen LogP contribution in [0.25, 0.3) is 0 Å². The van der Waals surface area contributed by atoms with Crippen molar-refractivity contribution in [2.24, 2.45) is 23.7 Å². The minimum Gasteiger partial charge on any atom is -0.462 e. The van der Waals surface area contributed by atoms with E-state index in [9.17, 15) is 43.2 Å². The summed E-state index contributed by atoms with van der Waals surface area (Å²) in [7, 11) is -9.92. The summed E-state index contributed by atoms with van der Waals surface area (Å²) in [6, 6.07) is 0. The van der Waals surface area contributed by atoms with E-state index < -0.39 is 97.5 Å². The molecule has 98 heavy (non-hydrogen) atoms. The number of hydrogen-bond donors (Lipinski definition) is 3. The first-order valence-corrected chi connectivity index (χ1v) is 43.8. The van der Waals surface area contributed by atoms with Gasteiger partial charge in [0.25, 0.3) is 0 Å². The lowest BCUT2D eigenvalue weighted by Crippen LogP contribution is -2.30. The predicted octanol–water partition coefficient (Wildman–Crippen LogP) is 23.2. The molecule has 0 spiro atoms. The number of rotatable bonds is 76. The van der Waals surface area contributed by atoms with Gasteiger partial charge in [-0.25, -0.2) is 9.13 Å². The first-order valence-electron chi connectivity index (χ1n) is 40.8. The van der Waals surface area contributed by atoms with E-state index in [1.807, 2.05) is 0 Å². The third-order valence-corrected chi connectivity index (χ3v) is 20.9. The monoisotopic (exact) mass is 1440 g/mol. The van der Waals surface area contributed by atoms with Gasteiger partial charge in [-0.2, -0.15) is 0 Å². The molecule has 0 aromatic heterocycles. The average molecular weight is 1440 g/mol. The third kappa shape index (κ3) is 69.8. The molecule has 19 heteroatoms. The molecule has 0 aromatic rings. The lowest BCUT2D eigenvalue weighted by Gasteiger charge is -2.21. The van der Waals surface area contributed by atoms with E-state index in [4.69, 9.17) is 37.0 Å². The zero-order chi connectivity index (χ0) is 72.4. The van der Waals surface area contributed by atoms with Crippen LogP contribution >= 0.6 is 15.6 Å². The van der Waals surface area contributed by atoms with Crippen molar-refractivity contribution in [1.82, 2.24) is 0 Å². The van der Waals surface area contributed by atoms with Crippen LogP contribution in [-0.2, 0) is 65.4 Å². The van der Waals surface area contributed by atoms with Crippen LogP contribution in [0.15, 0.2) is 0 Å². The van der Waals surface area contributed by atoms with Crippen molar-refractivity contribution >= 4 is 39.5 Å². The second kappa shape index (κ2) is 68.2. The smallest absolute Gasteiger partial charge is 0.462 e. The minimum absolute atomic E-state index is 0.107. The van der Waals surface area contributed by atoms with Crippen molar-refractivity contribution in [3.63, 3.8) is 0 Å². The van der Waals surface area contributed by atoms with E-state index in [1.165, 1.54) is 199 Å². The maximum absolute atomic E-state index is 13.1. The Balaban J connectivity index is 5.23. The van der Waals surface area contributed by atoms with Crippen molar-refractivity contribution in [2.45, 2.75) is 420 Å². The number of unbranched alkanes of at least 4 members (excludes halogenated alkanes) is 40. The fourth-order valence-corrected chi connectivity index (χ4v) is 13.6. The number of phosphoric acid groups is 2. The van der Waals surface area contributed by atoms with Gasteiger partial charge in [0.05, 0.1) is 26.4 Å². The van der Waals surface area contributed by atoms with Gasteiger partial charge >= 0.3 is 39.5 Å². The van der Waals surface area contributed by atoms with Crippen LogP contribution in [0.4, 0.5) is 0 Å². The Morgan fingerprint density at radius 2 is 0.490 bits per heavy atom. The fraction of sp³-hybridized carbons (Fsp3) is 0.949. The summed E-state index contributed by atoms with van der Waals surface area (Å²) in [6.07, 6.45) is 54.1. The van der Waals surface area contributed by atoms with E-state index in [-0.39, 0.29) is 25.7 Å². The molecule has 7 atom stereocenters. The van der Waals surface area contributed by atoms with Crippen LogP contribution in [0, 0.1) is 23.7 Å². The summed E-state index contributed by atoms with van der Waals surface area (Å²) in [5, 5.41) is 10.6. The lowest BCUT2D eigenvalue weighted by atomic mass is 9.99. The molecule has 0 saturated heterocycles. The fourth-order valence-electron chi connectivity index (χ4n) is 12.0. The molecule has 0 fully saturated rings. The van der Waals surface area contributed by atoms with Gasteiger partial charge in [-0.3, -0.25) is 37.3 Å². The quantitative estimate of drug-likeness (QED) is 0.0222. The van der Waals surface area contributed by atoms with Crippen LogP contribution < -0.4 is 0 Å². The SMILES string of the molecule is CCC(C)CCCCCCCCCCC(=O)OC[C@H](COP(=O)(O)OC[C@@H](O)COP(=O)(O)OC[C@@H](COC(=O)CCCCCCCCC(C)CC)OC(=O)CCCCCCCCCCCCCCCCCCC(C)C)OC(=O)CCCCCCCCCCCCCCCCC(C)C. The number of aliphatic hydroxyl groups excluding tert-OH is 1. The van der Waals surface area contributed by atoms with E-state index in [0.29, 0.717) is 25.7 Å². The molecule has 0 bridgehead atoms. The molecule has 0 aliphatic heterocycles. The van der Waals surface area contributed by atoms with Crippen molar-refractivity contribution < 1.29 is 80.2 Å². The van der Waals surface area contributed by atoms with Gasteiger partial charge in [-0.05, 0) is 49.4 Å². The highest BCUT2D eigenvalue weighted by atomic mass is 31.2. The maximum Gasteiger partial charge on any atom is 0.472 e. The van der Waals surface area contributed by atoms with Gasteiger partial charge in [-0.15, -0.1) is 0 Å². The lowest BCUT2D eigenvalue weighted by molar-refractivity contribution is -0.161. The second-order valence-electron chi connectivity index (χ2n) is 29.9. The maximum atomic E-state index is 13.1. The van der Waals surface area contributed by atoms with Crippen LogP contribution in [0.2, 0.25) is 0 Å². The molecule has 4 unspecified atom stereocenters. The zero-order valence-corrected chi connectivity index (χ0v) is 66.2. The van der Waals surface area contributed by atoms with Gasteiger partial charge in [0.15, 0.2) is 12.2 Å². The Labute approximate surface area is 600 Å². The molecule has 0 rings (SSSR count). The molecular formula is C79H154O17P2. The van der Waals surface area contributed by atoms with Crippen molar-refractivity contribution in [3.8, 4) is 0 Å². The summed E-state index contributed by atoms with van der Waals surface area (Å²) in [6.45, 7) is 14.2. The van der Waals surface area contributed by atoms with Gasteiger partial charge in [0.1, 0.15) is 19.3 Å². The Bertz CT molecular complexity index is 1920. The Hall–Kier alpha value is -1.94. The number of ether oxygens (including phenoxy) is 4. The van der Waals surface area contributed by atoms with Crippen LogP contribution in [0.3, 0.4) is 0 Å². The Morgan fingerprint density at radius 3 is 0.724 bits per heavy atom. The topological polar surface area (TPSA) is 237 Å². The summed E-state index contributed by atoms with van der Waals surface area (Å²) < 4.78 is 68.6. The number of phosphoric ester groups is 2. The van der Waals surface area contributed by atoms with Crippen molar-refractivity contribution in [2.75, 3.05) is 39.6 Å². The van der Waals surface area contributed by atoms with E-state index in [1.54, 1.807) is 0 Å². The normalized spacial score (nSPS) is 14.6. The minimum atomic E-state index is -4.96. The standard InChI is InChI=1S/C79H154O17P2/c1-9-71(7)57-49-41-33-29-30-34-43-51-59-76(81)89-65-74(95-78(83)61-54-46-36-28-24-20-16-15-18-22-26-32-40-48-56-70(5)6)67-93-97(85,86)91-63-73(80)64-92-98(87,88)94-68-75(66-90-77(82)60-52-44-38-37-42-50-58-72(8)10-2)96-79(84)62-53-45-35-27-23-19-14-12-11-13-17-21-25-31-39-47-55-69(3)4/h69-75,80H,9-68H2,1-8H3,(H,85,86)(H,87,88)/t71?,72?,73-,74-,75-/m1/s1. The molecular weight excluding hydrogens is 1280 g/mol.